The van der Waals surface area contributed by atoms with Gasteiger partial charge in [-0.2, -0.15) is 0 Å². The van der Waals surface area contributed by atoms with Crippen molar-refractivity contribution < 1.29 is 4.42 Å². The van der Waals surface area contributed by atoms with Gasteiger partial charge in [0.15, 0.2) is 4.67 Å². The summed E-state index contributed by atoms with van der Waals surface area (Å²) >= 11 is 3.29. The molecular formula is C11H15BrN4O. The Labute approximate surface area is 108 Å². The molecule has 0 radical (unpaired) electrons. The second kappa shape index (κ2) is 5.46. The topological polar surface area (TPSA) is 55.9 Å². The number of nitrogens with zero attached hydrogens (tertiary/aromatic N) is 3. The van der Waals surface area contributed by atoms with Crippen LogP contribution in [0.25, 0.3) is 0 Å². The molecule has 2 rings (SSSR count). The van der Waals surface area contributed by atoms with Gasteiger partial charge in [-0.15, -0.1) is 10.2 Å². The molecule has 0 bridgehead atoms. The first-order valence-corrected chi connectivity index (χ1v) is 6.27. The SMILES string of the molecule is CC(NCCc1nncn1C)c1ccc(Br)o1. The Morgan fingerprint density at radius 1 is 1.53 bits per heavy atom. The van der Waals surface area contributed by atoms with E-state index in [-0.39, 0.29) is 6.04 Å². The van der Waals surface area contributed by atoms with Gasteiger partial charge in [0, 0.05) is 20.0 Å². The van der Waals surface area contributed by atoms with Crippen LogP contribution in [-0.2, 0) is 13.5 Å². The third kappa shape index (κ3) is 3.17. The van der Waals surface area contributed by atoms with E-state index in [1.807, 2.05) is 23.7 Å². The minimum Gasteiger partial charge on any atom is -0.453 e. The Hall–Kier alpha value is -1.14. The summed E-state index contributed by atoms with van der Waals surface area (Å²) in [5.41, 5.74) is 0. The van der Waals surface area contributed by atoms with E-state index < -0.39 is 0 Å². The van der Waals surface area contributed by atoms with Crippen molar-refractivity contribution >= 4 is 15.9 Å². The van der Waals surface area contributed by atoms with Gasteiger partial charge in [0.1, 0.15) is 17.9 Å². The van der Waals surface area contributed by atoms with E-state index in [0.29, 0.717) is 0 Å². The molecule has 0 aliphatic rings. The summed E-state index contributed by atoms with van der Waals surface area (Å²) in [6.45, 7) is 2.91. The molecule has 0 spiro atoms. The number of aryl methyl sites for hydroxylation is 1. The van der Waals surface area contributed by atoms with E-state index in [4.69, 9.17) is 4.42 Å². The lowest BCUT2D eigenvalue weighted by Crippen LogP contribution is -2.22. The second-order valence-corrected chi connectivity index (χ2v) is 4.71. The first-order chi connectivity index (χ1) is 8.16. The Kier molecular flexibility index (Phi) is 3.96. The maximum Gasteiger partial charge on any atom is 0.169 e. The zero-order chi connectivity index (χ0) is 12.3. The van der Waals surface area contributed by atoms with Gasteiger partial charge < -0.3 is 14.3 Å². The fourth-order valence-electron chi connectivity index (χ4n) is 1.60. The summed E-state index contributed by atoms with van der Waals surface area (Å²) in [6.07, 6.45) is 2.56. The number of aromatic nitrogens is 3. The van der Waals surface area contributed by atoms with Gasteiger partial charge in [0.2, 0.25) is 0 Å². The molecule has 92 valence electrons. The first kappa shape index (κ1) is 12.3. The predicted molar refractivity (Wildman–Crippen MR) is 67.5 cm³/mol. The molecule has 0 aliphatic heterocycles. The minimum absolute atomic E-state index is 0.189. The van der Waals surface area contributed by atoms with Crippen molar-refractivity contribution in [2.24, 2.45) is 7.05 Å². The van der Waals surface area contributed by atoms with Crippen molar-refractivity contribution in [3.8, 4) is 0 Å². The average molecular weight is 299 g/mol. The lowest BCUT2D eigenvalue weighted by molar-refractivity contribution is 0.418. The van der Waals surface area contributed by atoms with Crippen LogP contribution in [0.2, 0.25) is 0 Å². The molecule has 0 fully saturated rings. The predicted octanol–water partition coefficient (Wildman–Crippen LogP) is 2.06. The normalized spacial score (nSPS) is 12.9. The van der Waals surface area contributed by atoms with Crippen LogP contribution < -0.4 is 5.32 Å². The number of hydrogen-bond acceptors (Lipinski definition) is 4. The van der Waals surface area contributed by atoms with Gasteiger partial charge in [-0.25, -0.2) is 0 Å². The molecule has 2 heterocycles. The Balaban J connectivity index is 1.81. The first-order valence-electron chi connectivity index (χ1n) is 5.48. The van der Waals surface area contributed by atoms with Crippen molar-refractivity contribution in [2.75, 3.05) is 6.54 Å². The number of rotatable bonds is 5. The minimum atomic E-state index is 0.189. The highest BCUT2D eigenvalue weighted by atomic mass is 79.9. The van der Waals surface area contributed by atoms with E-state index in [0.717, 1.165) is 29.2 Å². The molecule has 1 atom stereocenters. The number of halogens is 1. The third-order valence-corrected chi connectivity index (χ3v) is 3.05. The molecule has 17 heavy (non-hydrogen) atoms. The highest BCUT2D eigenvalue weighted by molar-refractivity contribution is 9.10. The maximum absolute atomic E-state index is 5.48. The molecule has 1 unspecified atom stereocenters. The quantitative estimate of drug-likeness (QED) is 0.918. The molecule has 2 aromatic rings. The van der Waals surface area contributed by atoms with Gasteiger partial charge >= 0.3 is 0 Å². The van der Waals surface area contributed by atoms with Gasteiger partial charge in [-0.05, 0) is 35.0 Å². The van der Waals surface area contributed by atoms with Crippen molar-refractivity contribution in [3.05, 3.63) is 34.7 Å². The molecule has 1 N–H and O–H groups in total. The van der Waals surface area contributed by atoms with Crippen molar-refractivity contribution in [3.63, 3.8) is 0 Å². The van der Waals surface area contributed by atoms with Crippen molar-refractivity contribution in [1.82, 2.24) is 20.1 Å². The van der Waals surface area contributed by atoms with Crippen LogP contribution in [0.1, 0.15) is 24.6 Å². The average Bonchev–Trinajstić information content (AvgIpc) is 2.88. The fourth-order valence-corrected chi connectivity index (χ4v) is 1.91. The summed E-state index contributed by atoms with van der Waals surface area (Å²) in [4.78, 5) is 0. The van der Waals surface area contributed by atoms with E-state index >= 15 is 0 Å². The van der Waals surface area contributed by atoms with Crippen LogP contribution in [0.3, 0.4) is 0 Å². The van der Waals surface area contributed by atoms with Crippen LogP contribution in [-0.4, -0.2) is 21.3 Å². The zero-order valence-corrected chi connectivity index (χ0v) is 11.4. The van der Waals surface area contributed by atoms with Crippen LogP contribution >= 0.6 is 15.9 Å². The maximum atomic E-state index is 5.48. The van der Waals surface area contributed by atoms with E-state index in [2.05, 4.69) is 38.4 Å². The highest BCUT2D eigenvalue weighted by Crippen LogP contribution is 2.19. The van der Waals surface area contributed by atoms with E-state index in [1.165, 1.54) is 0 Å². The molecule has 2 aromatic heterocycles. The number of furan rings is 1. The summed E-state index contributed by atoms with van der Waals surface area (Å²) < 4.78 is 8.16. The monoisotopic (exact) mass is 298 g/mol. The summed E-state index contributed by atoms with van der Waals surface area (Å²) in [6, 6.07) is 4.05. The Bertz CT molecular complexity index is 479. The molecule has 5 nitrogen and oxygen atoms in total. The highest BCUT2D eigenvalue weighted by Gasteiger charge is 2.09. The Morgan fingerprint density at radius 2 is 2.35 bits per heavy atom. The molecule has 6 heteroatoms. The smallest absolute Gasteiger partial charge is 0.169 e. The number of hydrogen-bond donors (Lipinski definition) is 1. The fraction of sp³-hybridized carbons (Fsp3) is 0.455. The van der Waals surface area contributed by atoms with E-state index in [1.54, 1.807) is 6.33 Å². The molecule has 0 aromatic carbocycles. The van der Waals surface area contributed by atoms with E-state index in [9.17, 15) is 0 Å². The number of nitrogens with one attached hydrogen (secondary N) is 1. The van der Waals surface area contributed by atoms with Crippen LogP contribution in [0.15, 0.2) is 27.5 Å². The zero-order valence-electron chi connectivity index (χ0n) is 9.85. The lowest BCUT2D eigenvalue weighted by Gasteiger charge is -2.10. The summed E-state index contributed by atoms with van der Waals surface area (Å²) in [7, 11) is 1.95. The summed E-state index contributed by atoms with van der Waals surface area (Å²) in [5, 5.41) is 11.3. The van der Waals surface area contributed by atoms with Crippen LogP contribution in [0.4, 0.5) is 0 Å². The van der Waals surface area contributed by atoms with Gasteiger partial charge in [0.25, 0.3) is 0 Å². The molecule has 0 aliphatic carbocycles. The molecule has 0 amide bonds. The van der Waals surface area contributed by atoms with Gasteiger partial charge in [-0.3, -0.25) is 0 Å². The van der Waals surface area contributed by atoms with Gasteiger partial charge in [-0.1, -0.05) is 0 Å². The van der Waals surface area contributed by atoms with Crippen LogP contribution in [0, 0.1) is 0 Å². The third-order valence-electron chi connectivity index (χ3n) is 2.63. The summed E-state index contributed by atoms with van der Waals surface area (Å²) in [5.74, 6) is 1.90. The van der Waals surface area contributed by atoms with Gasteiger partial charge in [0.05, 0.1) is 6.04 Å². The van der Waals surface area contributed by atoms with Crippen molar-refractivity contribution in [2.45, 2.75) is 19.4 Å². The van der Waals surface area contributed by atoms with Crippen LogP contribution in [0.5, 0.6) is 0 Å². The standard InChI is InChI=1S/C11H15BrN4O/c1-8(9-3-4-10(12)17-9)13-6-5-11-15-14-7-16(11)2/h3-4,7-8,13H,5-6H2,1-2H3. The second-order valence-electron chi connectivity index (χ2n) is 3.93. The largest absolute Gasteiger partial charge is 0.453 e. The van der Waals surface area contributed by atoms with Crippen molar-refractivity contribution in [1.29, 1.82) is 0 Å². The molecular weight excluding hydrogens is 284 g/mol. The molecule has 0 saturated heterocycles. The Morgan fingerprint density at radius 3 is 2.94 bits per heavy atom. The lowest BCUT2D eigenvalue weighted by atomic mass is 10.2. The molecule has 0 saturated carbocycles.